The summed E-state index contributed by atoms with van der Waals surface area (Å²) in [7, 11) is 0. The molecule has 0 N–H and O–H groups in total. The molecule has 1 unspecified atom stereocenters. The van der Waals surface area contributed by atoms with Crippen LogP contribution in [0.3, 0.4) is 0 Å². The van der Waals surface area contributed by atoms with E-state index in [2.05, 4.69) is 175 Å². The van der Waals surface area contributed by atoms with Crippen molar-refractivity contribution in [2.75, 3.05) is 0 Å². The Morgan fingerprint density at radius 3 is 2.16 bits per heavy atom. The number of allylic oxidation sites excluding steroid dienone is 3. The molecule has 262 valence electrons. The van der Waals surface area contributed by atoms with Crippen LogP contribution in [0.5, 0.6) is 0 Å². The van der Waals surface area contributed by atoms with E-state index < -0.39 is 5.41 Å². The molecule has 1 atom stereocenters. The van der Waals surface area contributed by atoms with Gasteiger partial charge in [0.05, 0.1) is 22.1 Å². The van der Waals surface area contributed by atoms with E-state index in [1.807, 2.05) is 18.2 Å². The van der Waals surface area contributed by atoms with Gasteiger partial charge < -0.3 is 4.42 Å². The molecule has 4 heteroatoms. The van der Waals surface area contributed by atoms with Crippen molar-refractivity contribution in [1.82, 2.24) is 14.5 Å². The molecule has 0 saturated heterocycles. The first-order chi connectivity index (χ1) is 27.8. The molecule has 0 fully saturated rings. The Hall–Kier alpha value is -7.30. The summed E-state index contributed by atoms with van der Waals surface area (Å²) >= 11 is 0. The van der Waals surface area contributed by atoms with Crippen LogP contribution in [0.1, 0.15) is 29.2 Å². The van der Waals surface area contributed by atoms with Crippen molar-refractivity contribution >= 4 is 49.8 Å². The SMILES string of the molecule is C/C=C\C1=Cc2c(-c3cccc4c3oc3ccccc34)nc(-c3ccccc3)nc2-n2c3ccccc3c3ccc4c(c32)C1(c1ccccc1)c1ccccc1-4. The molecule has 0 spiro atoms. The second-order valence-corrected chi connectivity index (χ2v) is 14.8. The van der Waals surface area contributed by atoms with E-state index in [4.69, 9.17) is 14.4 Å². The number of para-hydroxylation sites is 3. The molecule has 1 aliphatic heterocycles. The van der Waals surface area contributed by atoms with Crippen LogP contribution in [0.25, 0.3) is 89.4 Å². The maximum Gasteiger partial charge on any atom is 0.162 e. The lowest BCUT2D eigenvalue weighted by Crippen LogP contribution is -2.30. The Balaban J connectivity index is 1.35. The molecule has 0 amide bonds. The van der Waals surface area contributed by atoms with Crippen molar-refractivity contribution in [3.63, 3.8) is 0 Å². The predicted molar refractivity (Wildman–Crippen MR) is 229 cm³/mol. The molecule has 56 heavy (non-hydrogen) atoms. The van der Waals surface area contributed by atoms with Crippen molar-refractivity contribution < 1.29 is 4.42 Å². The number of furan rings is 1. The normalized spacial score (nSPS) is 15.7. The molecule has 3 aromatic heterocycles. The molecule has 1 aliphatic carbocycles. The van der Waals surface area contributed by atoms with Gasteiger partial charge in [-0.1, -0.05) is 158 Å². The van der Waals surface area contributed by atoms with Crippen molar-refractivity contribution in [1.29, 1.82) is 0 Å². The Bertz CT molecular complexity index is 3310. The van der Waals surface area contributed by atoms with Gasteiger partial charge in [0.2, 0.25) is 0 Å². The first-order valence-corrected chi connectivity index (χ1v) is 19.2. The Kier molecular flexibility index (Phi) is 6.44. The van der Waals surface area contributed by atoms with E-state index in [9.17, 15) is 0 Å². The largest absolute Gasteiger partial charge is 0.455 e. The molecule has 4 nitrogen and oxygen atoms in total. The van der Waals surface area contributed by atoms with Crippen LogP contribution in [-0.2, 0) is 5.41 Å². The molecule has 10 aromatic rings. The first-order valence-electron chi connectivity index (χ1n) is 19.2. The number of fused-ring (bicyclic) bond motifs is 11. The molecule has 4 heterocycles. The van der Waals surface area contributed by atoms with E-state index >= 15 is 0 Å². The van der Waals surface area contributed by atoms with E-state index in [0.717, 1.165) is 66.7 Å². The summed E-state index contributed by atoms with van der Waals surface area (Å²) in [5, 5.41) is 4.52. The van der Waals surface area contributed by atoms with E-state index in [1.165, 1.54) is 38.6 Å². The molecule has 12 rings (SSSR count). The maximum absolute atomic E-state index is 6.76. The number of aromatic nitrogens is 3. The van der Waals surface area contributed by atoms with Crippen LogP contribution >= 0.6 is 0 Å². The van der Waals surface area contributed by atoms with Gasteiger partial charge in [-0.3, -0.25) is 4.57 Å². The fraction of sp³-hybridized carbons (Fsp3) is 0.0385. The summed E-state index contributed by atoms with van der Waals surface area (Å²) in [4.78, 5) is 11.2. The summed E-state index contributed by atoms with van der Waals surface area (Å²) in [6.45, 7) is 2.11. The standard InChI is InChI=1S/C52H33N3O/c1-2-16-34-31-42-47(41-25-15-24-40-37-23-11-14-28-45(37)56-49(40)41)53-50(32-17-5-3-6-18-32)54-51(42)55-44-27-13-10-22-36(44)39-30-29-38-35-21-9-12-26-43(35)52(34,46(38)48(39)55)33-19-7-4-8-20-33/h2-31H,1H3/b16-2-,34-31?. The van der Waals surface area contributed by atoms with Crippen LogP contribution in [0.2, 0.25) is 0 Å². The lowest BCUT2D eigenvalue weighted by atomic mass is 9.66. The second-order valence-electron chi connectivity index (χ2n) is 14.8. The summed E-state index contributed by atoms with van der Waals surface area (Å²) in [6, 6.07) is 58.5. The van der Waals surface area contributed by atoms with Crippen molar-refractivity contribution in [2.24, 2.45) is 0 Å². The maximum atomic E-state index is 6.76. The van der Waals surface area contributed by atoms with Crippen molar-refractivity contribution in [2.45, 2.75) is 12.3 Å². The molecule has 2 aliphatic rings. The summed E-state index contributed by atoms with van der Waals surface area (Å²) in [5.74, 6) is 1.49. The molecule has 7 aromatic carbocycles. The third kappa shape index (κ3) is 4.02. The second kappa shape index (κ2) is 11.6. The number of rotatable bonds is 4. The highest BCUT2D eigenvalue weighted by Gasteiger charge is 2.49. The van der Waals surface area contributed by atoms with Gasteiger partial charge in [0.1, 0.15) is 17.0 Å². The van der Waals surface area contributed by atoms with Gasteiger partial charge in [0.25, 0.3) is 0 Å². The highest BCUT2D eigenvalue weighted by molar-refractivity contribution is 6.15. The zero-order valence-electron chi connectivity index (χ0n) is 30.6. The zero-order valence-corrected chi connectivity index (χ0v) is 30.6. The van der Waals surface area contributed by atoms with Crippen LogP contribution in [0.4, 0.5) is 0 Å². The van der Waals surface area contributed by atoms with Crippen LogP contribution < -0.4 is 0 Å². The smallest absolute Gasteiger partial charge is 0.162 e. The van der Waals surface area contributed by atoms with Crippen molar-refractivity contribution in [3.05, 3.63) is 204 Å². The van der Waals surface area contributed by atoms with Crippen LogP contribution in [-0.4, -0.2) is 14.5 Å². The van der Waals surface area contributed by atoms with Crippen molar-refractivity contribution in [3.8, 4) is 39.6 Å². The Morgan fingerprint density at radius 1 is 0.589 bits per heavy atom. The quantitative estimate of drug-likeness (QED) is 0.182. The van der Waals surface area contributed by atoms with Gasteiger partial charge in [0, 0.05) is 43.8 Å². The summed E-state index contributed by atoms with van der Waals surface area (Å²) < 4.78 is 9.19. The summed E-state index contributed by atoms with van der Waals surface area (Å²) in [5.41, 5.74) is 14.3. The monoisotopic (exact) mass is 715 g/mol. The lowest BCUT2D eigenvalue weighted by molar-refractivity contribution is 0.670. The van der Waals surface area contributed by atoms with Gasteiger partial charge in [-0.05, 0) is 59.0 Å². The predicted octanol–water partition coefficient (Wildman–Crippen LogP) is 13.1. The average molecular weight is 716 g/mol. The Labute approximate surface area is 323 Å². The van der Waals surface area contributed by atoms with Gasteiger partial charge in [-0.2, -0.15) is 0 Å². The highest BCUT2D eigenvalue weighted by Crippen LogP contribution is 2.61. The van der Waals surface area contributed by atoms with E-state index in [-0.39, 0.29) is 0 Å². The average Bonchev–Trinajstić information content (AvgIpc) is 3.90. The minimum Gasteiger partial charge on any atom is -0.455 e. The zero-order chi connectivity index (χ0) is 37.0. The van der Waals surface area contributed by atoms with Crippen LogP contribution in [0.15, 0.2) is 186 Å². The molecule has 0 radical (unpaired) electrons. The molecule has 0 saturated carbocycles. The van der Waals surface area contributed by atoms with E-state index in [0.29, 0.717) is 5.82 Å². The topological polar surface area (TPSA) is 43.9 Å². The molecular weight excluding hydrogens is 683 g/mol. The fourth-order valence-electron chi connectivity index (χ4n) is 9.75. The number of benzene rings is 7. The summed E-state index contributed by atoms with van der Waals surface area (Å²) in [6.07, 6.45) is 6.85. The Morgan fingerprint density at radius 2 is 1.30 bits per heavy atom. The number of nitrogens with zero attached hydrogens (tertiary/aromatic N) is 3. The van der Waals surface area contributed by atoms with Gasteiger partial charge in [-0.15, -0.1) is 0 Å². The van der Waals surface area contributed by atoms with Gasteiger partial charge in [0.15, 0.2) is 5.82 Å². The first kappa shape index (κ1) is 31.1. The highest BCUT2D eigenvalue weighted by atomic mass is 16.3. The molecule has 0 bridgehead atoms. The number of hydrogen-bond acceptors (Lipinski definition) is 3. The van der Waals surface area contributed by atoms with Crippen LogP contribution in [0, 0.1) is 0 Å². The third-order valence-corrected chi connectivity index (χ3v) is 11.9. The van der Waals surface area contributed by atoms with Gasteiger partial charge in [-0.25, -0.2) is 9.97 Å². The lowest BCUT2D eigenvalue weighted by Gasteiger charge is -2.37. The fourth-order valence-corrected chi connectivity index (χ4v) is 9.75. The van der Waals surface area contributed by atoms with E-state index in [1.54, 1.807) is 0 Å². The minimum absolute atomic E-state index is 0.649. The minimum atomic E-state index is -0.649. The number of hydrogen-bond donors (Lipinski definition) is 0. The third-order valence-electron chi connectivity index (χ3n) is 11.9. The molecular formula is C52H33N3O. The van der Waals surface area contributed by atoms with Gasteiger partial charge >= 0.3 is 0 Å².